The fraction of sp³-hybridized carbons (Fsp3) is 0.333. The van der Waals surface area contributed by atoms with Gasteiger partial charge in [0.15, 0.2) is 0 Å². The number of hydrogen-bond acceptors (Lipinski definition) is 7. The van der Waals surface area contributed by atoms with Gasteiger partial charge in [0.1, 0.15) is 5.82 Å². The summed E-state index contributed by atoms with van der Waals surface area (Å²) in [6, 6.07) is 6.66. The van der Waals surface area contributed by atoms with Crippen LogP contribution in [0.2, 0.25) is 0 Å². The molecule has 0 radical (unpaired) electrons. The second-order valence-electron chi connectivity index (χ2n) is 10.2. The topological polar surface area (TPSA) is 128 Å². The van der Waals surface area contributed by atoms with E-state index in [1.165, 1.54) is 23.1 Å². The van der Waals surface area contributed by atoms with E-state index in [0.29, 0.717) is 35.4 Å². The molecule has 5 aromatic rings. The van der Waals surface area contributed by atoms with Crippen LogP contribution >= 0.6 is 0 Å². The number of tetrazole rings is 1. The van der Waals surface area contributed by atoms with Gasteiger partial charge in [0, 0.05) is 23.1 Å². The summed E-state index contributed by atoms with van der Waals surface area (Å²) in [4.78, 5) is 14.8. The lowest BCUT2D eigenvalue weighted by Crippen LogP contribution is -2.27. The van der Waals surface area contributed by atoms with Gasteiger partial charge in [0.2, 0.25) is 5.82 Å². The molecule has 0 spiro atoms. The molecule has 5 rings (SSSR count). The maximum Gasteiger partial charge on any atom is 0.259 e. The summed E-state index contributed by atoms with van der Waals surface area (Å²) in [5, 5.41) is 34.1. The van der Waals surface area contributed by atoms with Crippen molar-refractivity contribution in [2.45, 2.75) is 60.2 Å². The minimum atomic E-state index is -0.915. The van der Waals surface area contributed by atoms with Crippen molar-refractivity contribution in [2.75, 3.05) is 5.32 Å². The van der Waals surface area contributed by atoms with Gasteiger partial charge >= 0.3 is 0 Å². The molecule has 0 aliphatic rings. The fourth-order valence-corrected chi connectivity index (χ4v) is 4.60. The van der Waals surface area contributed by atoms with Crippen LogP contribution < -0.4 is 5.32 Å². The number of anilines is 1. The first kappa shape index (κ1) is 26.2. The molecule has 0 atom stereocenters. The van der Waals surface area contributed by atoms with E-state index >= 15 is 0 Å². The molecule has 2 N–H and O–H groups in total. The SMILES string of the molecule is CCn1nnc(-c2cc(NC(=O)c3cnn4ccc(-c5c(C)nn(CC(C)(C)O)c5C)cc34)c(C)cc2F)n1. The van der Waals surface area contributed by atoms with Gasteiger partial charge in [-0.05, 0) is 82.1 Å². The van der Waals surface area contributed by atoms with Crippen LogP contribution in [0.5, 0.6) is 0 Å². The zero-order valence-corrected chi connectivity index (χ0v) is 22.7. The lowest BCUT2D eigenvalue weighted by atomic mass is 10.0. The monoisotopic (exact) mass is 531 g/mol. The zero-order chi connectivity index (χ0) is 28.1. The second kappa shape index (κ2) is 9.70. The number of aromatic nitrogens is 8. The molecule has 0 bridgehead atoms. The molecule has 12 heteroatoms. The highest BCUT2D eigenvalue weighted by atomic mass is 19.1. The Morgan fingerprint density at radius 3 is 2.62 bits per heavy atom. The molecule has 39 heavy (non-hydrogen) atoms. The summed E-state index contributed by atoms with van der Waals surface area (Å²) >= 11 is 0. The first-order valence-electron chi connectivity index (χ1n) is 12.6. The average molecular weight is 532 g/mol. The van der Waals surface area contributed by atoms with Crippen molar-refractivity contribution < 1.29 is 14.3 Å². The Labute approximate surface area is 224 Å². The molecule has 0 fully saturated rings. The minimum absolute atomic E-state index is 0.140. The second-order valence-corrected chi connectivity index (χ2v) is 10.2. The summed E-state index contributed by atoms with van der Waals surface area (Å²) < 4.78 is 18.2. The number of halogens is 1. The molecule has 1 aromatic carbocycles. The predicted molar refractivity (Wildman–Crippen MR) is 144 cm³/mol. The number of hydrogen-bond donors (Lipinski definition) is 2. The van der Waals surface area contributed by atoms with Crippen LogP contribution in [-0.4, -0.2) is 56.2 Å². The lowest BCUT2D eigenvalue weighted by Gasteiger charge is -2.18. The molecule has 0 saturated carbocycles. The van der Waals surface area contributed by atoms with Crippen molar-refractivity contribution >= 4 is 17.1 Å². The average Bonchev–Trinajstić information content (AvgIpc) is 3.57. The number of amides is 1. The van der Waals surface area contributed by atoms with Gasteiger partial charge in [-0.1, -0.05) is 0 Å². The lowest BCUT2D eigenvalue weighted by molar-refractivity contribution is 0.0570. The minimum Gasteiger partial charge on any atom is -0.389 e. The Hall–Kier alpha value is -4.45. The van der Waals surface area contributed by atoms with E-state index in [-0.39, 0.29) is 17.3 Å². The van der Waals surface area contributed by atoms with Crippen molar-refractivity contribution in [1.82, 2.24) is 39.6 Å². The summed E-state index contributed by atoms with van der Waals surface area (Å²) in [6.45, 7) is 11.8. The molecule has 4 aromatic heterocycles. The largest absolute Gasteiger partial charge is 0.389 e. The third-order valence-corrected chi connectivity index (χ3v) is 6.51. The van der Waals surface area contributed by atoms with Crippen LogP contribution in [0.25, 0.3) is 28.0 Å². The van der Waals surface area contributed by atoms with E-state index in [0.717, 1.165) is 22.5 Å². The van der Waals surface area contributed by atoms with Gasteiger partial charge in [-0.25, -0.2) is 8.91 Å². The van der Waals surface area contributed by atoms with Crippen molar-refractivity contribution in [1.29, 1.82) is 0 Å². The number of aryl methyl sites for hydroxylation is 3. The summed E-state index contributed by atoms with van der Waals surface area (Å²) in [7, 11) is 0. The van der Waals surface area contributed by atoms with Crippen molar-refractivity contribution in [3.05, 3.63) is 65.0 Å². The maximum atomic E-state index is 14.7. The Bertz CT molecular complexity index is 1710. The molecule has 11 nitrogen and oxygen atoms in total. The van der Waals surface area contributed by atoms with Gasteiger partial charge < -0.3 is 10.4 Å². The van der Waals surface area contributed by atoms with Gasteiger partial charge in [0.05, 0.1) is 47.2 Å². The molecule has 1 amide bonds. The number of nitrogens with zero attached hydrogens (tertiary/aromatic N) is 8. The van der Waals surface area contributed by atoms with Crippen LogP contribution in [0.1, 0.15) is 48.1 Å². The number of benzene rings is 1. The van der Waals surface area contributed by atoms with Gasteiger partial charge in [-0.15, -0.1) is 10.2 Å². The molecule has 4 heterocycles. The fourth-order valence-electron chi connectivity index (χ4n) is 4.60. The molecule has 0 saturated heterocycles. The number of rotatable bonds is 7. The maximum absolute atomic E-state index is 14.7. The smallest absolute Gasteiger partial charge is 0.259 e. The highest BCUT2D eigenvalue weighted by Gasteiger charge is 2.22. The number of carbonyl (C=O) groups excluding carboxylic acids is 1. The van der Waals surface area contributed by atoms with E-state index in [2.05, 4.69) is 30.9 Å². The predicted octanol–water partition coefficient (Wildman–Crippen LogP) is 3.96. The van der Waals surface area contributed by atoms with E-state index in [1.54, 1.807) is 36.2 Å². The third-order valence-electron chi connectivity index (χ3n) is 6.51. The van der Waals surface area contributed by atoms with E-state index in [9.17, 15) is 14.3 Å². The molecule has 0 aliphatic heterocycles. The van der Waals surface area contributed by atoms with Crippen LogP contribution in [-0.2, 0) is 13.1 Å². The highest BCUT2D eigenvalue weighted by Crippen LogP contribution is 2.30. The first-order chi connectivity index (χ1) is 18.4. The normalized spacial score (nSPS) is 11.9. The number of carbonyl (C=O) groups is 1. The van der Waals surface area contributed by atoms with Crippen LogP contribution in [0.3, 0.4) is 0 Å². The van der Waals surface area contributed by atoms with Crippen LogP contribution in [0.4, 0.5) is 10.1 Å². The molecule has 202 valence electrons. The standard InChI is InChI=1S/C27H30FN9O2/c1-7-37-33-25(31-34-37)19-12-22(15(2)10-21(19)28)30-26(38)20-13-29-35-9-8-18(11-23(20)35)24-16(3)32-36(17(24)4)14-27(5,6)39/h8-13,39H,7,14H2,1-6H3,(H,30,38). The Balaban J connectivity index is 1.49. The third kappa shape index (κ3) is 5.02. The Morgan fingerprint density at radius 1 is 1.15 bits per heavy atom. The molecular formula is C27H30FN9O2. The number of nitrogens with one attached hydrogen (secondary N) is 1. The van der Waals surface area contributed by atoms with Gasteiger partial charge in [0.25, 0.3) is 5.91 Å². The first-order valence-corrected chi connectivity index (χ1v) is 12.6. The summed E-state index contributed by atoms with van der Waals surface area (Å²) in [5.74, 6) is -0.752. The Morgan fingerprint density at radius 2 is 1.92 bits per heavy atom. The van der Waals surface area contributed by atoms with Crippen molar-refractivity contribution in [3.63, 3.8) is 0 Å². The van der Waals surface area contributed by atoms with Crippen molar-refractivity contribution in [2.24, 2.45) is 0 Å². The van der Waals surface area contributed by atoms with E-state index in [1.807, 2.05) is 32.9 Å². The molecular weight excluding hydrogens is 501 g/mol. The van der Waals surface area contributed by atoms with Crippen LogP contribution in [0, 0.1) is 26.6 Å². The molecule has 0 aliphatic carbocycles. The summed E-state index contributed by atoms with van der Waals surface area (Å²) in [6.07, 6.45) is 3.29. The quantitative estimate of drug-likeness (QED) is 0.325. The van der Waals surface area contributed by atoms with E-state index < -0.39 is 11.4 Å². The van der Waals surface area contributed by atoms with E-state index in [4.69, 9.17) is 0 Å². The number of fused-ring (bicyclic) bond motifs is 1. The summed E-state index contributed by atoms with van der Waals surface area (Å²) in [5.41, 5.74) is 4.70. The van der Waals surface area contributed by atoms with Gasteiger partial charge in [-0.3, -0.25) is 9.48 Å². The van der Waals surface area contributed by atoms with Crippen molar-refractivity contribution in [3.8, 4) is 22.5 Å². The molecule has 0 unspecified atom stereocenters. The highest BCUT2D eigenvalue weighted by molar-refractivity contribution is 6.09. The number of pyridine rings is 1. The number of aliphatic hydroxyl groups is 1. The van der Waals surface area contributed by atoms with Gasteiger partial charge in [-0.2, -0.15) is 15.0 Å². The zero-order valence-electron chi connectivity index (χ0n) is 22.7. The van der Waals surface area contributed by atoms with Crippen LogP contribution in [0.15, 0.2) is 36.7 Å². The Kier molecular flexibility index (Phi) is 6.51.